The van der Waals surface area contributed by atoms with Crippen LogP contribution in [-0.2, 0) is 14.4 Å². The van der Waals surface area contributed by atoms with Crippen molar-refractivity contribution in [3.05, 3.63) is 0 Å². The van der Waals surface area contributed by atoms with E-state index in [0.29, 0.717) is 0 Å². The molecule has 0 saturated carbocycles. The van der Waals surface area contributed by atoms with Gasteiger partial charge in [-0.1, -0.05) is 0 Å². The van der Waals surface area contributed by atoms with E-state index in [0.717, 1.165) is 6.08 Å². The van der Waals surface area contributed by atoms with Crippen LogP contribution in [0.2, 0.25) is 0 Å². The van der Waals surface area contributed by atoms with Crippen LogP contribution in [0.5, 0.6) is 0 Å². The predicted molar refractivity (Wildman–Crippen MR) is 41.7 cm³/mol. The largest absolute Gasteiger partial charge is 0.479 e. The first kappa shape index (κ1) is 11.2. The molecular formula is C7H8N2O4. The molecule has 0 bridgehead atoms. The number of hydrogen-bond donors (Lipinski definition) is 1. The highest BCUT2D eigenvalue weighted by Crippen LogP contribution is 2.17. The number of isocyanates is 2. The van der Waals surface area contributed by atoms with Crippen molar-refractivity contribution in [2.75, 3.05) is 0 Å². The van der Waals surface area contributed by atoms with E-state index in [1.165, 1.54) is 19.9 Å². The SMILES string of the molecule is CC(N=C=O)C(C)(N=C=O)C(=O)O. The van der Waals surface area contributed by atoms with E-state index in [1.807, 2.05) is 0 Å². The Labute approximate surface area is 74.0 Å². The third-order valence-corrected chi connectivity index (χ3v) is 1.77. The minimum Gasteiger partial charge on any atom is -0.479 e. The Kier molecular flexibility index (Phi) is 3.72. The fourth-order valence-electron chi connectivity index (χ4n) is 0.620. The summed E-state index contributed by atoms with van der Waals surface area (Å²) in [5.74, 6) is -1.35. The van der Waals surface area contributed by atoms with Gasteiger partial charge in [0.25, 0.3) is 0 Å². The standard InChI is InChI=1S/C7H8N2O4/c1-5(8-3-10)7(2,6(12)13)9-4-11/h5H,1-2H3,(H,12,13). The Bertz CT molecular complexity index is 298. The van der Waals surface area contributed by atoms with Crippen molar-refractivity contribution in [1.29, 1.82) is 0 Å². The lowest BCUT2D eigenvalue weighted by Crippen LogP contribution is -2.42. The van der Waals surface area contributed by atoms with Gasteiger partial charge < -0.3 is 5.11 Å². The molecule has 0 fully saturated rings. The second-order valence-corrected chi connectivity index (χ2v) is 2.55. The zero-order chi connectivity index (χ0) is 10.5. The molecule has 0 aliphatic carbocycles. The lowest BCUT2D eigenvalue weighted by Gasteiger charge is -2.20. The zero-order valence-electron chi connectivity index (χ0n) is 7.14. The van der Waals surface area contributed by atoms with Crippen LogP contribution >= 0.6 is 0 Å². The average molecular weight is 184 g/mol. The zero-order valence-corrected chi connectivity index (χ0v) is 7.14. The number of aliphatic carboxylic acids is 1. The normalized spacial score (nSPS) is 15.8. The summed E-state index contributed by atoms with van der Waals surface area (Å²) in [7, 11) is 0. The van der Waals surface area contributed by atoms with Gasteiger partial charge in [0, 0.05) is 0 Å². The molecule has 0 aromatic carbocycles. The molecule has 0 amide bonds. The maximum Gasteiger partial charge on any atom is 0.334 e. The van der Waals surface area contributed by atoms with Gasteiger partial charge in [-0.25, -0.2) is 14.4 Å². The van der Waals surface area contributed by atoms with Gasteiger partial charge in [0.05, 0.1) is 6.04 Å². The number of hydrogen-bond acceptors (Lipinski definition) is 5. The topological polar surface area (TPSA) is 96.2 Å². The van der Waals surface area contributed by atoms with E-state index >= 15 is 0 Å². The lowest BCUT2D eigenvalue weighted by atomic mass is 9.95. The molecule has 0 saturated heterocycles. The predicted octanol–water partition coefficient (Wildman–Crippen LogP) is -0.110. The summed E-state index contributed by atoms with van der Waals surface area (Å²) in [5, 5.41) is 8.70. The van der Waals surface area contributed by atoms with Crippen molar-refractivity contribution in [2.24, 2.45) is 9.98 Å². The Morgan fingerprint density at radius 1 is 1.46 bits per heavy atom. The third-order valence-electron chi connectivity index (χ3n) is 1.77. The molecule has 0 aliphatic heterocycles. The van der Waals surface area contributed by atoms with Crippen LogP contribution in [0.1, 0.15) is 13.8 Å². The van der Waals surface area contributed by atoms with Gasteiger partial charge in [0.15, 0.2) is 5.54 Å². The summed E-state index contributed by atoms with van der Waals surface area (Å²) in [5.41, 5.74) is -1.75. The monoisotopic (exact) mass is 184 g/mol. The Morgan fingerprint density at radius 3 is 2.31 bits per heavy atom. The molecule has 0 heterocycles. The Hall–Kier alpha value is -1.77. The van der Waals surface area contributed by atoms with Crippen LogP contribution in [0.25, 0.3) is 0 Å². The van der Waals surface area contributed by atoms with Crippen LogP contribution in [-0.4, -0.2) is 34.8 Å². The second kappa shape index (κ2) is 4.30. The van der Waals surface area contributed by atoms with E-state index in [4.69, 9.17) is 5.11 Å². The van der Waals surface area contributed by atoms with E-state index in [-0.39, 0.29) is 0 Å². The molecular weight excluding hydrogens is 176 g/mol. The lowest BCUT2D eigenvalue weighted by molar-refractivity contribution is -0.143. The molecule has 2 atom stereocenters. The first-order valence-corrected chi connectivity index (χ1v) is 3.38. The average Bonchev–Trinajstić information content (AvgIpc) is 2.04. The summed E-state index contributed by atoms with van der Waals surface area (Å²) in [4.78, 5) is 36.7. The van der Waals surface area contributed by atoms with E-state index < -0.39 is 17.6 Å². The van der Waals surface area contributed by atoms with Crippen molar-refractivity contribution in [3.63, 3.8) is 0 Å². The Balaban J connectivity index is 5.10. The molecule has 0 aliphatic rings. The summed E-state index contributed by atoms with van der Waals surface area (Å²) in [6.45, 7) is 2.52. The van der Waals surface area contributed by atoms with E-state index in [9.17, 15) is 14.4 Å². The van der Waals surface area contributed by atoms with Crippen molar-refractivity contribution in [3.8, 4) is 0 Å². The number of carboxylic acid groups (broad SMARTS) is 1. The molecule has 70 valence electrons. The van der Waals surface area contributed by atoms with Gasteiger partial charge in [0.2, 0.25) is 12.2 Å². The molecule has 2 unspecified atom stereocenters. The smallest absolute Gasteiger partial charge is 0.334 e. The molecule has 0 radical (unpaired) electrons. The highest BCUT2D eigenvalue weighted by Gasteiger charge is 2.39. The summed E-state index contributed by atoms with van der Waals surface area (Å²) in [6, 6.07) is -0.955. The Morgan fingerprint density at radius 2 is 2.00 bits per heavy atom. The first-order valence-electron chi connectivity index (χ1n) is 3.38. The van der Waals surface area contributed by atoms with Crippen molar-refractivity contribution >= 4 is 18.1 Å². The number of nitrogens with zero attached hydrogens (tertiary/aromatic N) is 2. The number of carbonyl (C=O) groups is 1. The van der Waals surface area contributed by atoms with Crippen LogP contribution in [0.3, 0.4) is 0 Å². The van der Waals surface area contributed by atoms with Gasteiger partial charge in [0.1, 0.15) is 0 Å². The van der Waals surface area contributed by atoms with Crippen LogP contribution in [0, 0.1) is 0 Å². The van der Waals surface area contributed by atoms with Crippen molar-refractivity contribution in [1.82, 2.24) is 0 Å². The fourth-order valence-corrected chi connectivity index (χ4v) is 0.620. The number of aliphatic imine (C=N–C) groups is 2. The molecule has 0 spiro atoms. The van der Waals surface area contributed by atoms with Gasteiger partial charge in [-0.15, -0.1) is 0 Å². The quantitative estimate of drug-likeness (QED) is 0.487. The molecule has 0 aromatic rings. The first-order chi connectivity index (χ1) is 5.99. The highest BCUT2D eigenvalue weighted by atomic mass is 16.4. The number of carboxylic acids is 1. The van der Waals surface area contributed by atoms with Crippen LogP contribution in [0.4, 0.5) is 0 Å². The fraction of sp³-hybridized carbons (Fsp3) is 0.571. The van der Waals surface area contributed by atoms with E-state index in [2.05, 4.69) is 9.98 Å². The maximum atomic E-state index is 10.7. The molecule has 13 heavy (non-hydrogen) atoms. The highest BCUT2D eigenvalue weighted by molar-refractivity contribution is 5.80. The van der Waals surface area contributed by atoms with Gasteiger partial charge in [-0.2, -0.15) is 9.98 Å². The maximum absolute atomic E-state index is 10.7. The van der Waals surface area contributed by atoms with E-state index in [1.54, 1.807) is 0 Å². The number of carbonyl (C=O) groups excluding carboxylic acids is 2. The molecule has 0 aromatic heterocycles. The number of rotatable bonds is 4. The summed E-state index contributed by atoms with van der Waals surface area (Å²) < 4.78 is 0. The minimum atomic E-state index is -1.75. The van der Waals surface area contributed by atoms with Gasteiger partial charge >= 0.3 is 5.97 Å². The van der Waals surface area contributed by atoms with Crippen molar-refractivity contribution in [2.45, 2.75) is 25.4 Å². The van der Waals surface area contributed by atoms with Gasteiger partial charge in [-0.05, 0) is 13.8 Å². The summed E-state index contributed by atoms with van der Waals surface area (Å²) >= 11 is 0. The summed E-state index contributed by atoms with van der Waals surface area (Å²) in [6.07, 6.45) is 2.34. The second-order valence-electron chi connectivity index (χ2n) is 2.55. The molecule has 6 heteroatoms. The third kappa shape index (κ3) is 2.33. The van der Waals surface area contributed by atoms with Crippen LogP contribution < -0.4 is 0 Å². The molecule has 0 rings (SSSR count). The van der Waals surface area contributed by atoms with Crippen LogP contribution in [0.15, 0.2) is 9.98 Å². The molecule has 1 N–H and O–H groups in total. The minimum absolute atomic E-state index is 0.955. The van der Waals surface area contributed by atoms with Crippen molar-refractivity contribution < 1.29 is 19.5 Å². The molecule has 6 nitrogen and oxygen atoms in total. The van der Waals surface area contributed by atoms with Gasteiger partial charge in [-0.3, -0.25) is 0 Å².